The number of hydrogen-bond acceptors (Lipinski definition) is 2. The number of carbonyl (C=O) groups excluding carboxylic acids is 1. The van der Waals surface area contributed by atoms with E-state index in [0.29, 0.717) is 12.4 Å². The van der Waals surface area contributed by atoms with Crippen molar-refractivity contribution in [3.05, 3.63) is 0 Å². The number of likely N-dealkylation sites (N-methyl/N-ethyl adjacent to an activating group) is 1. The molecule has 0 spiro atoms. The summed E-state index contributed by atoms with van der Waals surface area (Å²) in [6, 6.07) is 0. The van der Waals surface area contributed by atoms with Gasteiger partial charge in [0, 0.05) is 12.4 Å². The maximum atomic E-state index is 10.2. The highest BCUT2D eigenvalue weighted by Gasteiger charge is 1.99. The van der Waals surface area contributed by atoms with Gasteiger partial charge in [-0.2, -0.15) is 0 Å². The average molecular weight is 151 g/mol. The van der Waals surface area contributed by atoms with Crippen LogP contribution in [-0.4, -0.2) is 36.8 Å². The second-order valence-electron chi connectivity index (χ2n) is 1.89. The van der Waals surface area contributed by atoms with Gasteiger partial charge in [0.15, 0.2) is 0 Å². The Kier molecular flexibility index (Phi) is 4.44. The number of amides is 1. The van der Waals surface area contributed by atoms with Crippen molar-refractivity contribution in [3.8, 4) is 0 Å². The number of alkyl halides is 1. The lowest BCUT2D eigenvalue weighted by molar-refractivity contribution is -0.118. The number of primary amides is 1. The van der Waals surface area contributed by atoms with Crippen LogP contribution in [0, 0.1) is 0 Å². The first-order chi connectivity index (χ1) is 4.16. The minimum atomic E-state index is -0.317. The predicted octanol–water partition coefficient (Wildman–Crippen LogP) is -0.358. The van der Waals surface area contributed by atoms with Gasteiger partial charge in [0.25, 0.3) is 0 Å². The van der Waals surface area contributed by atoms with Gasteiger partial charge in [-0.3, -0.25) is 9.69 Å². The molecule has 0 unspecified atom stereocenters. The Morgan fingerprint density at radius 3 is 2.67 bits per heavy atom. The van der Waals surface area contributed by atoms with E-state index in [0.717, 1.165) is 0 Å². The fourth-order valence-electron chi connectivity index (χ4n) is 0.489. The first-order valence-corrected chi connectivity index (χ1v) is 3.23. The monoisotopic (exact) mass is 150 g/mol. The topological polar surface area (TPSA) is 46.3 Å². The number of hydrogen-bond donors (Lipinski definition) is 1. The van der Waals surface area contributed by atoms with E-state index in [4.69, 9.17) is 17.3 Å². The first kappa shape index (κ1) is 8.72. The second kappa shape index (κ2) is 4.58. The van der Waals surface area contributed by atoms with Gasteiger partial charge in [-0.25, -0.2) is 0 Å². The van der Waals surface area contributed by atoms with Crippen LogP contribution in [0.25, 0.3) is 0 Å². The molecule has 0 fully saturated rings. The van der Waals surface area contributed by atoms with Gasteiger partial charge in [0.05, 0.1) is 6.54 Å². The van der Waals surface area contributed by atoms with Gasteiger partial charge >= 0.3 is 0 Å². The van der Waals surface area contributed by atoms with Crippen molar-refractivity contribution in [2.75, 3.05) is 26.0 Å². The van der Waals surface area contributed by atoms with Crippen LogP contribution in [0.5, 0.6) is 0 Å². The van der Waals surface area contributed by atoms with Crippen LogP contribution in [0.1, 0.15) is 0 Å². The molecule has 1 amide bonds. The van der Waals surface area contributed by atoms with E-state index in [-0.39, 0.29) is 12.5 Å². The zero-order valence-electron chi connectivity index (χ0n) is 5.43. The maximum absolute atomic E-state index is 10.2. The molecule has 9 heavy (non-hydrogen) atoms. The van der Waals surface area contributed by atoms with Crippen LogP contribution >= 0.6 is 11.6 Å². The van der Waals surface area contributed by atoms with Crippen molar-refractivity contribution in [2.45, 2.75) is 0 Å². The molecule has 0 saturated heterocycles. The molecule has 0 aliphatic heterocycles. The predicted molar refractivity (Wildman–Crippen MR) is 37.4 cm³/mol. The number of nitrogens with two attached hydrogens (primary N) is 1. The standard InChI is InChI=1S/C5H11ClN2O/c1-8(3-2-6)4-5(7)9/h2-4H2,1H3,(H2,7,9). The van der Waals surface area contributed by atoms with Crippen LogP contribution in [0.3, 0.4) is 0 Å². The molecule has 0 aliphatic rings. The molecule has 0 aliphatic carbocycles. The molecule has 0 radical (unpaired) electrons. The third-order valence-electron chi connectivity index (χ3n) is 0.892. The molecule has 0 rings (SSSR count). The third-order valence-corrected chi connectivity index (χ3v) is 1.06. The molecule has 3 nitrogen and oxygen atoms in total. The quantitative estimate of drug-likeness (QED) is 0.557. The summed E-state index contributed by atoms with van der Waals surface area (Å²) in [5.41, 5.74) is 4.90. The normalized spacial score (nSPS) is 10.1. The molecule has 4 heteroatoms. The highest BCUT2D eigenvalue weighted by atomic mass is 35.5. The van der Waals surface area contributed by atoms with Gasteiger partial charge in [0.1, 0.15) is 0 Å². The van der Waals surface area contributed by atoms with E-state index < -0.39 is 0 Å². The molecule has 54 valence electrons. The molecule has 2 N–H and O–H groups in total. The number of nitrogens with zero attached hydrogens (tertiary/aromatic N) is 1. The van der Waals surface area contributed by atoms with Crippen molar-refractivity contribution in [1.29, 1.82) is 0 Å². The SMILES string of the molecule is CN(CCCl)CC(N)=O. The zero-order valence-corrected chi connectivity index (χ0v) is 6.19. The van der Waals surface area contributed by atoms with E-state index in [1.165, 1.54) is 0 Å². The van der Waals surface area contributed by atoms with E-state index in [1.54, 1.807) is 11.9 Å². The Labute approximate surface area is 59.8 Å². The summed E-state index contributed by atoms with van der Waals surface area (Å²) in [4.78, 5) is 12.0. The summed E-state index contributed by atoms with van der Waals surface area (Å²) in [7, 11) is 1.80. The van der Waals surface area contributed by atoms with Gasteiger partial charge in [-0.15, -0.1) is 11.6 Å². The van der Waals surface area contributed by atoms with Gasteiger partial charge < -0.3 is 5.73 Å². The van der Waals surface area contributed by atoms with Gasteiger partial charge in [-0.1, -0.05) is 0 Å². The lowest BCUT2D eigenvalue weighted by Gasteiger charge is -2.10. The Bertz CT molecular complexity index is 97.0. The van der Waals surface area contributed by atoms with E-state index in [9.17, 15) is 4.79 Å². The summed E-state index contributed by atoms with van der Waals surface area (Å²) in [5, 5.41) is 0. The smallest absolute Gasteiger partial charge is 0.231 e. The van der Waals surface area contributed by atoms with Crippen LogP contribution in [0.2, 0.25) is 0 Å². The summed E-state index contributed by atoms with van der Waals surface area (Å²) in [6.07, 6.45) is 0. The zero-order chi connectivity index (χ0) is 7.28. The lowest BCUT2D eigenvalue weighted by Crippen LogP contribution is -2.31. The molecule has 0 saturated carbocycles. The van der Waals surface area contributed by atoms with Crippen molar-refractivity contribution < 1.29 is 4.79 Å². The van der Waals surface area contributed by atoms with Crippen LogP contribution < -0.4 is 5.73 Å². The number of carbonyl (C=O) groups is 1. The maximum Gasteiger partial charge on any atom is 0.231 e. The molecular formula is C5H11ClN2O. The van der Waals surface area contributed by atoms with Crippen molar-refractivity contribution in [3.63, 3.8) is 0 Å². The minimum Gasteiger partial charge on any atom is -0.369 e. The Hall–Kier alpha value is -0.280. The van der Waals surface area contributed by atoms with Gasteiger partial charge in [0.2, 0.25) is 5.91 Å². The summed E-state index contributed by atoms with van der Waals surface area (Å²) < 4.78 is 0. The fraction of sp³-hybridized carbons (Fsp3) is 0.800. The Morgan fingerprint density at radius 2 is 2.33 bits per heavy atom. The number of rotatable bonds is 4. The first-order valence-electron chi connectivity index (χ1n) is 2.69. The fourth-order valence-corrected chi connectivity index (χ4v) is 0.778. The van der Waals surface area contributed by atoms with Crippen molar-refractivity contribution >= 4 is 17.5 Å². The second-order valence-corrected chi connectivity index (χ2v) is 2.27. The molecule has 0 aromatic carbocycles. The molecular weight excluding hydrogens is 140 g/mol. The van der Waals surface area contributed by atoms with Gasteiger partial charge in [-0.05, 0) is 7.05 Å². The molecule has 0 bridgehead atoms. The van der Waals surface area contributed by atoms with Crippen molar-refractivity contribution in [2.24, 2.45) is 5.73 Å². The minimum absolute atomic E-state index is 0.284. The van der Waals surface area contributed by atoms with E-state index in [2.05, 4.69) is 0 Å². The van der Waals surface area contributed by atoms with Crippen LogP contribution in [0.15, 0.2) is 0 Å². The molecule has 0 heterocycles. The molecule has 0 aromatic rings. The Balaban J connectivity index is 3.26. The Morgan fingerprint density at radius 1 is 1.78 bits per heavy atom. The summed E-state index contributed by atoms with van der Waals surface area (Å²) in [6.45, 7) is 0.983. The van der Waals surface area contributed by atoms with Crippen LogP contribution in [-0.2, 0) is 4.79 Å². The lowest BCUT2D eigenvalue weighted by atomic mass is 10.5. The van der Waals surface area contributed by atoms with Crippen LogP contribution in [0.4, 0.5) is 0 Å². The highest BCUT2D eigenvalue weighted by Crippen LogP contribution is 1.82. The summed E-state index contributed by atoms with van der Waals surface area (Å²) in [5.74, 6) is 0.215. The number of halogens is 1. The third kappa shape index (κ3) is 5.59. The summed E-state index contributed by atoms with van der Waals surface area (Å²) >= 11 is 5.39. The molecule has 0 aromatic heterocycles. The molecule has 0 atom stereocenters. The largest absolute Gasteiger partial charge is 0.369 e. The van der Waals surface area contributed by atoms with E-state index in [1.807, 2.05) is 0 Å². The van der Waals surface area contributed by atoms with Crippen molar-refractivity contribution in [1.82, 2.24) is 4.90 Å². The highest BCUT2D eigenvalue weighted by molar-refractivity contribution is 6.18. The average Bonchev–Trinajstić information content (AvgIpc) is 1.63. The van der Waals surface area contributed by atoms with E-state index >= 15 is 0 Å².